The number of methoxy groups -OCH3 is 2. The quantitative estimate of drug-likeness (QED) is 0.362. The van der Waals surface area contributed by atoms with E-state index in [4.69, 9.17) is 9.47 Å². The van der Waals surface area contributed by atoms with Crippen molar-refractivity contribution in [1.82, 2.24) is 15.0 Å². The molecular weight excluding hydrogens is 356 g/mol. The Morgan fingerprint density at radius 3 is 2.56 bits per heavy atom. The van der Waals surface area contributed by atoms with Gasteiger partial charge in [0.15, 0.2) is 0 Å². The second-order valence-corrected chi connectivity index (χ2v) is 6.08. The summed E-state index contributed by atoms with van der Waals surface area (Å²) in [5.41, 5.74) is 0.254. The molecule has 0 unspecified atom stereocenters. The highest BCUT2D eigenvalue weighted by atomic mass is 16.6. The molecule has 27 heavy (non-hydrogen) atoms. The first kappa shape index (κ1) is 20.4. The van der Waals surface area contributed by atoms with Gasteiger partial charge in [-0.25, -0.2) is 5.01 Å². The van der Waals surface area contributed by atoms with Crippen LogP contribution in [0.3, 0.4) is 0 Å². The van der Waals surface area contributed by atoms with E-state index in [0.717, 1.165) is 0 Å². The normalized spacial score (nSPS) is 13.6. The highest BCUT2D eigenvalue weighted by Crippen LogP contribution is 2.24. The van der Waals surface area contributed by atoms with E-state index in [1.54, 1.807) is 12.1 Å². The molecule has 0 atom stereocenters. The Morgan fingerprint density at radius 1 is 1.15 bits per heavy atom. The molecule has 1 aliphatic heterocycles. The average Bonchev–Trinajstić information content (AvgIpc) is 3.16. The highest BCUT2D eigenvalue weighted by Gasteiger charge is 2.32. The lowest BCUT2D eigenvalue weighted by Crippen LogP contribution is -2.44. The van der Waals surface area contributed by atoms with Gasteiger partial charge < -0.3 is 9.47 Å². The Balaban J connectivity index is 1.99. The molecule has 10 heteroatoms. The minimum absolute atomic E-state index is 0.0905. The van der Waals surface area contributed by atoms with Crippen molar-refractivity contribution in [1.29, 1.82) is 0 Å². The number of hydrogen-bond donors (Lipinski definition) is 0. The van der Waals surface area contributed by atoms with E-state index in [2.05, 4.69) is 4.98 Å². The average molecular weight is 380 g/mol. The second kappa shape index (κ2) is 9.70. The summed E-state index contributed by atoms with van der Waals surface area (Å²) in [5.74, 6) is -0.0606. The first-order chi connectivity index (χ1) is 13.0. The Morgan fingerprint density at radius 2 is 1.89 bits per heavy atom. The molecular formula is C17H24N4O6. The lowest BCUT2D eigenvalue weighted by atomic mass is 10.2. The molecule has 0 radical (unpaired) electrons. The minimum Gasteiger partial charge on any atom is -0.481 e. The number of carbonyl (C=O) groups excluding carboxylic acids is 2. The van der Waals surface area contributed by atoms with E-state index in [9.17, 15) is 19.7 Å². The standard InChI is InChI=1S/C17H24N4O6/c1-26-14-9-8-13(16(18-14)27-2)17(23)20-11-6-10-19(20)15(22)7-4-3-5-12-21(24)25/h8-9H,3-7,10-12H2,1-2H3. The van der Waals surface area contributed by atoms with E-state index in [1.807, 2.05) is 0 Å². The van der Waals surface area contributed by atoms with Gasteiger partial charge in [0.25, 0.3) is 5.91 Å². The number of aromatic nitrogens is 1. The topological polar surface area (TPSA) is 115 Å². The third-order valence-corrected chi connectivity index (χ3v) is 4.25. The van der Waals surface area contributed by atoms with Crippen molar-refractivity contribution in [2.24, 2.45) is 0 Å². The molecule has 1 fully saturated rings. The molecule has 2 amide bonds. The zero-order valence-corrected chi connectivity index (χ0v) is 15.5. The number of nitrogens with zero attached hydrogens (tertiary/aromatic N) is 4. The highest BCUT2D eigenvalue weighted by molar-refractivity contribution is 5.97. The van der Waals surface area contributed by atoms with Crippen LogP contribution in [0.1, 0.15) is 42.5 Å². The van der Waals surface area contributed by atoms with Gasteiger partial charge in [-0.3, -0.25) is 24.7 Å². The Kier molecular flexibility index (Phi) is 7.33. The van der Waals surface area contributed by atoms with Crippen molar-refractivity contribution in [3.05, 3.63) is 27.8 Å². The number of amides is 2. The Bertz CT molecular complexity index is 696. The molecule has 1 saturated heterocycles. The van der Waals surface area contributed by atoms with Crippen LogP contribution in [0.15, 0.2) is 12.1 Å². The van der Waals surface area contributed by atoms with E-state index in [1.165, 1.54) is 24.2 Å². The van der Waals surface area contributed by atoms with Crippen LogP contribution in [-0.2, 0) is 4.79 Å². The van der Waals surface area contributed by atoms with Gasteiger partial charge in [-0.15, -0.1) is 0 Å². The summed E-state index contributed by atoms with van der Waals surface area (Å²) in [6, 6.07) is 3.12. The van der Waals surface area contributed by atoms with E-state index in [-0.39, 0.29) is 41.1 Å². The van der Waals surface area contributed by atoms with Crippen LogP contribution in [-0.4, -0.2) is 65.6 Å². The first-order valence-corrected chi connectivity index (χ1v) is 8.81. The minimum atomic E-state index is -0.362. The summed E-state index contributed by atoms with van der Waals surface area (Å²) in [5, 5.41) is 13.2. The summed E-state index contributed by atoms with van der Waals surface area (Å²) < 4.78 is 10.2. The van der Waals surface area contributed by atoms with Crippen molar-refractivity contribution in [2.75, 3.05) is 33.9 Å². The molecule has 1 aliphatic rings. The van der Waals surface area contributed by atoms with Gasteiger partial charge in [0.05, 0.1) is 14.2 Å². The zero-order chi connectivity index (χ0) is 19.8. The fourth-order valence-corrected chi connectivity index (χ4v) is 2.90. The van der Waals surface area contributed by atoms with Crippen LogP contribution in [0, 0.1) is 10.1 Å². The van der Waals surface area contributed by atoms with Crippen LogP contribution in [0.4, 0.5) is 0 Å². The van der Waals surface area contributed by atoms with Crippen molar-refractivity contribution in [3.8, 4) is 11.8 Å². The van der Waals surface area contributed by atoms with Crippen LogP contribution in [0.2, 0.25) is 0 Å². The number of hydrogen-bond acceptors (Lipinski definition) is 7. The molecule has 148 valence electrons. The third kappa shape index (κ3) is 5.28. The van der Waals surface area contributed by atoms with Crippen molar-refractivity contribution in [2.45, 2.75) is 32.1 Å². The maximum Gasteiger partial charge on any atom is 0.277 e. The molecule has 0 bridgehead atoms. The molecule has 0 spiro atoms. The third-order valence-electron chi connectivity index (χ3n) is 4.25. The molecule has 0 aliphatic carbocycles. The predicted octanol–water partition coefficient (Wildman–Crippen LogP) is 1.53. The van der Waals surface area contributed by atoms with E-state index in [0.29, 0.717) is 44.7 Å². The maximum atomic E-state index is 12.9. The molecule has 2 heterocycles. The summed E-state index contributed by atoms with van der Waals surface area (Å²) in [6.07, 6.45) is 2.53. The SMILES string of the molecule is COc1ccc(C(=O)N2CCCN2C(=O)CCCCC[N+](=O)[O-])c(OC)n1. The van der Waals surface area contributed by atoms with Gasteiger partial charge in [0.2, 0.25) is 24.2 Å². The molecule has 10 nitrogen and oxygen atoms in total. The van der Waals surface area contributed by atoms with E-state index < -0.39 is 0 Å². The number of ether oxygens (including phenoxy) is 2. The smallest absolute Gasteiger partial charge is 0.277 e. The predicted molar refractivity (Wildman–Crippen MR) is 95.0 cm³/mol. The molecule has 2 rings (SSSR count). The van der Waals surface area contributed by atoms with Crippen molar-refractivity contribution in [3.63, 3.8) is 0 Å². The van der Waals surface area contributed by atoms with Gasteiger partial charge in [0, 0.05) is 36.9 Å². The number of carbonyl (C=O) groups is 2. The van der Waals surface area contributed by atoms with Crippen molar-refractivity contribution < 1.29 is 24.0 Å². The summed E-state index contributed by atoms with van der Waals surface area (Å²) in [7, 11) is 2.88. The monoisotopic (exact) mass is 380 g/mol. The van der Waals surface area contributed by atoms with Gasteiger partial charge in [-0.2, -0.15) is 4.98 Å². The van der Waals surface area contributed by atoms with Gasteiger partial charge in [-0.1, -0.05) is 0 Å². The van der Waals surface area contributed by atoms with Gasteiger partial charge in [0.1, 0.15) is 5.56 Å². The zero-order valence-electron chi connectivity index (χ0n) is 15.5. The second-order valence-electron chi connectivity index (χ2n) is 6.08. The van der Waals surface area contributed by atoms with E-state index >= 15 is 0 Å². The summed E-state index contributed by atoms with van der Waals surface area (Å²) >= 11 is 0. The number of hydrazine groups is 1. The Labute approximate surface area is 157 Å². The number of rotatable bonds is 9. The first-order valence-electron chi connectivity index (χ1n) is 8.81. The largest absolute Gasteiger partial charge is 0.481 e. The van der Waals surface area contributed by atoms with Crippen molar-refractivity contribution >= 4 is 11.8 Å². The molecule has 1 aromatic rings. The number of pyridine rings is 1. The summed E-state index contributed by atoms with van der Waals surface area (Å²) in [4.78, 5) is 39.4. The molecule has 1 aromatic heterocycles. The lowest BCUT2D eigenvalue weighted by molar-refractivity contribution is -0.480. The molecule has 0 saturated carbocycles. The maximum absolute atomic E-state index is 12.9. The summed E-state index contributed by atoms with van der Waals surface area (Å²) in [6.45, 7) is 0.805. The number of unbranched alkanes of at least 4 members (excludes halogenated alkanes) is 2. The number of nitro groups is 1. The van der Waals surface area contributed by atoms with Gasteiger partial charge in [-0.05, 0) is 25.3 Å². The van der Waals surface area contributed by atoms with Crippen LogP contribution >= 0.6 is 0 Å². The fraction of sp³-hybridized carbons (Fsp3) is 0.588. The molecule has 0 aromatic carbocycles. The Hall–Kier alpha value is -2.91. The fourth-order valence-electron chi connectivity index (χ4n) is 2.90. The van der Waals surface area contributed by atoms with Crippen LogP contribution in [0.25, 0.3) is 0 Å². The van der Waals surface area contributed by atoms with Crippen LogP contribution in [0.5, 0.6) is 11.8 Å². The van der Waals surface area contributed by atoms with Crippen LogP contribution < -0.4 is 9.47 Å². The molecule has 0 N–H and O–H groups in total. The van der Waals surface area contributed by atoms with Gasteiger partial charge >= 0.3 is 0 Å². The lowest BCUT2D eigenvalue weighted by Gasteiger charge is -2.28.